The van der Waals surface area contributed by atoms with E-state index in [1.807, 2.05) is 20.1 Å². The zero-order valence-electron chi connectivity index (χ0n) is 20.0. The third-order valence-electron chi connectivity index (χ3n) is 4.88. The van der Waals surface area contributed by atoms with Gasteiger partial charge in [0.2, 0.25) is 17.7 Å². The maximum atomic E-state index is 13.0. The molecule has 0 aliphatic carbocycles. The summed E-state index contributed by atoms with van der Waals surface area (Å²) in [4.78, 5) is 60.5. The molecule has 4 atom stereocenters. The highest BCUT2D eigenvalue weighted by Crippen LogP contribution is 2.09. The molecule has 0 aromatic rings. The molecule has 13 heteroatoms. The van der Waals surface area contributed by atoms with E-state index >= 15 is 0 Å². The van der Waals surface area contributed by atoms with E-state index in [0.717, 1.165) is 0 Å². The largest absolute Gasteiger partial charge is 0.481 e. The number of unbranched alkanes of at least 4 members (excludes halogenated alkanes) is 1. The molecule has 0 aliphatic heterocycles. The molecule has 34 heavy (non-hydrogen) atoms. The van der Waals surface area contributed by atoms with E-state index in [9.17, 15) is 29.1 Å². The second kappa shape index (κ2) is 17.1. The SMILES string of the molecule is CSCCC(N)C(=O)NC(CC(C)C)C(=O)NC(CCCCN)C(=O)NC(CC(=O)O)C(=O)O. The smallest absolute Gasteiger partial charge is 0.326 e. The lowest BCUT2D eigenvalue weighted by molar-refractivity contribution is -0.147. The van der Waals surface area contributed by atoms with Crippen LogP contribution in [0, 0.1) is 5.92 Å². The van der Waals surface area contributed by atoms with Crippen molar-refractivity contribution in [3.8, 4) is 0 Å². The average molecular weight is 506 g/mol. The minimum Gasteiger partial charge on any atom is -0.481 e. The van der Waals surface area contributed by atoms with E-state index in [0.29, 0.717) is 38.0 Å². The monoisotopic (exact) mass is 505 g/mol. The number of thioether (sulfide) groups is 1. The zero-order valence-corrected chi connectivity index (χ0v) is 20.9. The fourth-order valence-electron chi connectivity index (χ4n) is 3.04. The summed E-state index contributed by atoms with van der Waals surface area (Å²) < 4.78 is 0. The Kier molecular flexibility index (Phi) is 15.9. The van der Waals surface area contributed by atoms with Gasteiger partial charge in [-0.2, -0.15) is 11.8 Å². The average Bonchev–Trinajstić information content (AvgIpc) is 2.74. The number of rotatable bonds is 18. The summed E-state index contributed by atoms with van der Waals surface area (Å²) in [5.74, 6) is -4.11. The van der Waals surface area contributed by atoms with Crippen molar-refractivity contribution in [3.05, 3.63) is 0 Å². The number of amides is 3. The van der Waals surface area contributed by atoms with E-state index in [4.69, 9.17) is 16.6 Å². The first-order valence-electron chi connectivity index (χ1n) is 11.2. The van der Waals surface area contributed by atoms with E-state index in [1.165, 1.54) is 0 Å². The van der Waals surface area contributed by atoms with Gasteiger partial charge >= 0.3 is 11.9 Å². The minimum atomic E-state index is -1.65. The molecule has 9 N–H and O–H groups in total. The summed E-state index contributed by atoms with van der Waals surface area (Å²) in [6, 6.07) is -4.52. The van der Waals surface area contributed by atoms with Gasteiger partial charge in [-0.15, -0.1) is 0 Å². The van der Waals surface area contributed by atoms with Gasteiger partial charge in [-0.25, -0.2) is 4.79 Å². The molecule has 0 saturated heterocycles. The van der Waals surface area contributed by atoms with E-state index in [1.54, 1.807) is 11.8 Å². The molecule has 0 aromatic carbocycles. The van der Waals surface area contributed by atoms with Crippen LogP contribution in [0.4, 0.5) is 0 Å². The van der Waals surface area contributed by atoms with Crippen LogP contribution in [0.15, 0.2) is 0 Å². The van der Waals surface area contributed by atoms with Crippen molar-refractivity contribution in [1.82, 2.24) is 16.0 Å². The van der Waals surface area contributed by atoms with Crippen LogP contribution in [0.2, 0.25) is 0 Å². The van der Waals surface area contributed by atoms with Crippen LogP contribution in [-0.2, 0) is 24.0 Å². The van der Waals surface area contributed by atoms with Gasteiger partial charge in [-0.1, -0.05) is 13.8 Å². The third-order valence-corrected chi connectivity index (χ3v) is 5.53. The third kappa shape index (κ3) is 13.4. The molecule has 196 valence electrons. The van der Waals surface area contributed by atoms with Gasteiger partial charge < -0.3 is 37.6 Å². The van der Waals surface area contributed by atoms with E-state index in [-0.39, 0.29) is 12.3 Å². The van der Waals surface area contributed by atoms with Crippen molar-refractivity contribution in [1.29, 1.82) is 0 Å². The summed E-state index contributed by atoms with van der Waals surface area (Å²) >= 11 is 1.54. The van der Waals surface area contributed by atoms with Crippen LogP contribution in [0.25, 0.3) is 0 Å². The van der Waals surface area contributed by atoms with Crippen molar-refractivity contribution < 1.29 is 34.2 Å². The molecule has 0 heterocycles. The molecule has 12 nitrogen and oxygen atoms in total. The first-order valence-corrected chi connectivity index (χ1v) is 12.6. The van der Waals surface area contributed by atoms with E-state index in [2.05, 4.69) is 16.0 Å². The van der Waals surface area contributed by atoms with Gasteiger partial charge in [0.1, 0.15) is 18.1 Å². The second-order valence-electron chi connectivity index (χ2n) is 8.42. The zero-order chi connectivity index (χ0) is 26.3. The Bertz CT molecular complexity index is 692. The molecule has 0 aromatic heterocycles. The molecule has 0 spiro atoms. The van der Waals surface area contributed by atoms with Crippen LogP contribution in [-0.4, -0.2) is 82.6 Å². The van der Waals surface area contributed by atoms with Crippen molar-refractivity contribution in [2.45, 2.75) is 76.5 Å². The van der Waals surface area contributed by atoms with Crippen LogP contribution >= 0.6 is 11.8 Å². The van der Waals surface area contributed by atoms with Gasteiger partial charge in [0.25, 0.3) is 0 Å². The van der Waals surface area contributed by atoms with E-state index < -0.39 is 60.2 Å². The topological polar surface area (TPSA) is 214 Å². The Balaban J connectivity index is 5.49. The Morgan fingerprint density at radius 2 is 1.41 bits per heavy atom. The first kappa shape index (κ1) is 31.6. The van der Waals surface area contributed by atoms with Gasteiger partial charge in [0.15, 0.2) is 0 Å². The number of carbonyl (C=O) groups is 5. The van der Waals surface area contributed by atoms with Gasteiger partial charge in [0.05, 0.1) is 12.5 Å². The molecule has 0 bridgehead atoms. The molecule has 0 saturated carbocycles. The summed E-state index contributed by atoms with van der Waals surface area (Å²) in [7, 11) is 0. The van der Waals surface area contributed by atoms with Gasteiger partial charge in [0, 0.05) is 0 Å². The fraction of sp³-hybridized carbons (Fsp3) is 0.762. The standard InChI is InChI=1S/C21H39N5O7S/c1-12(2)10-15(25-18(29)13(23)7-9-34-3)20(31)24-14(6-4-5-8-22)19(30)26-16(21(32)33)11-17(27)28/h12-16H,4-11,22-23H2,1-3H3,(H,24,31)(H,25,29)(H,26,30)(H,27,28)(H,32,33). The van der Waals surface area contributed by atoms with Crippen molar-refractivity contribution in [3.63, 3.8) is 0 Å². The molecule has 0 radical (unpaired) electrons. The molecule has 0 fully saturated rings. The Hall–Kier alpha value is -2.38. The highest BCUT2D eigenvalue weighted by molar-refractivity contribution is 7.98. The second-order valence-corrected chi connectivity index (χ2v) is 9.41. The number of nitrogens with two attached hydrogens (primary N) is 2. The summed E-state index contributed by atoms with van der Waals surface area (Å²) in [6.45, 7) is 4.10. The maximum Gasteiger partial charge on any atom is 0.326 e. The minimum absolute atomic E-state index is 0.0370. The fourth-order valence-corrected chi connectivity index (χ4v) is 3.53. The molecule has 3 amide bonds. The van der Waals surface area contributed by atoms with Gasteiger partial charge in [-0.3, -0.25) is 19.2 Å². The van der Waals surface area contributed by atoms with Gasteiger partial charge in [-0.05, 0) is 56.6 Å². The molecule has 4 unspecified atom stereocenters. The Morgan fingerprint density at radius 1 is 0.853 bits per heavy atom. The quantitative estimate of drug-likeness (QED) is 0.116. The van der Waals surface area contributed by atoms with Crippen molar-refractivity contribution in [2.24, 2.45) is 17.4 Å². The lowest BCUT2D eigenvalue weighted by atomic mass is 10.0. The number of aliphatic carboxylic acids is 2. The predicted molar refractivity (Wildman–Crippen MR) is 129 cm³/mol. The highest BCUT2D eigenvalue weighted by Gasteiger charge is 2.31. The number of carboxylic acids is 2. The summed E-state index contributed by atoms with van der Waals surface area (Å²) in [5.41, 5.74) is 11.4. The summed E-state index contributed by atoms with van der Waals surface area (Å²) in [5, 5.41) is 25.5. The van der Waals surface area contributed by atoms with Crippen LogP contribution in [0.1, 0.15) is 52.4 Å². The predicted octanol–water partition coefficient (Wildman–Crippen LogP) is -0.744. The number of hydrogen-bond donors (Lipinski definition) is 7. The van der Waals surface area contributed by atoms with Crippen LogP contribution in [0.3, 0.4) is 0 Å². The maximum absolute atomic E-state index is 13.0. The Morgan fingerprint density at radius 3 is 1.91 bits per heavy atom. The molecular formula is C21H39N5O7S. The number of hydrogen-bond acceptors (Lipinski definition) is 8. The number of carboxylic acid groups (broad SMARTS) is 2. The lowest BCUT2D eigenvalue weighted by Crippen LogP contribution is -2.57. The lowest BCUT2D eigenvalue weighted by Gasteiger charge is -2.26. The van der Waals surface area contributed by atoms with Crippen LogP contribution < -0.4 is 27.4 Å². The molecular weight excluding hydrogens is 466 g/mol. The first-order chi connectivity index (χ1) is 15.9. The van der Waals surface area contributed by atoms with Crippen molar-refractivity contribution in [2.75, 3.05) is 18.6 Å². The highest BCUT2D eigenvalue weighted by atomic mass is 32.2. The Labute approximate surface area is 204 Å². The number of nitrogens with one attached hydrogen (secondary N) is 3. The van der Waals surface area contributed by atoms with Crippen molar-refractivity contribution >= 4 is 41.4 Å². The normalized spacial score (nSPS) is 14.5. The summed E-state index contributed by atoms with van der Waals surface area (Å²) in [6.07, 6.45) is 2.99. The molecule has 0 aliphatic rings. The number of carbonyl (C=O) groups excluding carboxylic acids is 3. The molecule has 0 rings (SSSR count). The van der Waals surface area contributed by atoms with Crippen LogP contribution in [0.5, 0.6) is 0 Å².